The van der Waals surface area contributed by atoms with Crippen LogP contribution in [0.15, 0.2) is 22.8 Å². The third-order valence-electron chi connectivity index (χ3n) is 3.78. The number of carbonyl (C=O) groups is 2. The highest BCUT2D eigenvalue weighted by molar-refractivity contribution is 7.16. The van der Waals surface area contributed by atoms with Gasteiger partial charge in [0.25, 0.3) is 0 Å². The number of rotatable bonds is 6. The Morgan fingerprint density at radius 2 is 2.38 bits per heavy atom. The molecule has 1 aliphatic heterocycles. The number of likely N-dealkylation sites (tertiary alicyclic amines) is 1. The van der Waals surface area contributed by atoms with E-state index in [1.54, 1.807) is 29.4 Å². The summed E-state index contributed by atoms with van der Waals surface area (Å²) >= 11 is 1.27. The Kier molecular flexibility index (Phi) is 5.05. The van der Waals surface area contributed by atoms with Gasteiger partial charge in [-0.1, -0.05) is 18.3 Å². The molecule has 1 aliphatic rings. The van der Waals surface area contributed by atoms with E-state index >= 15 is 0 Å². The molecule has 1 fully saturated rings. The number of hydrogen-bond donors (Lipinski definition) is 1. The molecule has 24 heavy (non-hydrogen) atoms. The van der Waals surface area contributed by atoms with Gasteiger partial charge in [-0.2, -0.15) is 0 Å². The SMILES string of the molecule is CCC(C(=O)Nc1nnc(C=Cc2ccco2)s1)N1CCCC1=O. The fraction of sp³-hybridized carbons (Fsp3) is 0.375. The first kappa shape index (κ1) is 16.4. The van der Waals surface area contributed by atoms with E-state index in [0.717, 1.165) is 12.2 Å². The molecule has 0 aromatic carbocycles. The minimum absolute atomic E-state index is 0.0383. The minimum Gasteiger partial charge on any atom is -0.465 e. The van der Waals surface area contributed by atoms with Gasteiger partial charge in [0.15, 0.2) is 0 Å². The molecule has 126 valence electrons. The first-order chi connectivity index (χ1) is 11.7. The zero-order valence-corrected chi connectivity index (χ0v) is 14.1. The second-order valence-corrected chi connectivity index (χ2v) is 6.41. The second-order valence-electron chi connectivity index (χ2n) is 5.40. The van der Waals surface area contributed by atoms with Crippen molar-refractivity contribution in [3.63, 3.8) is 0 Å². The zero-order chi connectivity index (χ0) is 16.9. The van der Waals surface area contributed by atoms with Crippen LogP contribution in [0.5, 0.6) is 0 Å². The standard InChI is InChI=1S/C16H18N4O3S/c1-2-12(20-9-3-6-14(20)21)15(22)17-16-19-18-13(24-16)8-7-11-5-4-10-23-11/h4-5,7-8,10,12H,2-3,6,9H2,1H3,(H,17,19,22). The first-order valence-electron chi connectivity index (χ1n) is 7.83. The van der Waals surface area contributed by atoms with Crippen LogP contribution in [0.3, 0.4) is 0 Å². The van der Waals surface area contributed by atoms with E-state index in [4.69, 9.17) is 4.42 Å². The summed E-state index contributed by atoms with van der Waals surface area (Å²) < 4.78 is 5.20. The average molecular weight is 346 g/mol. The Labute approximate surface area is 143 Å². The largest absolute Gasteiger partial charge is 0.465 e. The van der Waals surface area contributed by atoms with Gasteiger partial charge in [-0.25, -0.2) is 0 Å². The minimum atomic E-state index is -0.453. The van der Waals surface area contributed by atoms with Crippen molar-refractivity contribution in [2.45, 2.75) is 32.2 Å². The molecular weight excluding hydrogens is 328 g/mol. The lowest BCUT2D eigenvalue weighted by Gasteiger charge is -2.25. The lowest BCUT2D eigenvalue weighted by molar-refractivity contribution is -0.135. The maximum atomic E-state index is 12.4. The van der Waals surface area contributed by atoms with Crippen LogP contribution in [0, 0.1) is 0 Å². The fourth-order valence-corrected chi connectivity index (χ4v) is 3.28. The van der Waals surface area contributed by atoms with Crippen LogP contribution >= 0.6 is 11.3 Å². The number of nitrogens with zero attached hydrogens (tertiary/aromatic N) is 3. The smallest absolute Gasteiger partial charge is 0.248 e. The molecule has 0 bridgehead atoms. The Bertz CT molecular complexity index is 738. The molecule has 0 aliphatic carbocycles. The lowest BCUT2D eigenvalue weighted by atomic mass is 10.2. The number of nitrogens with one attached hydrogen (secondary N) is 1. The van der Waals surface area contributed by atoms with Crippen molar-refractivity contribution in [2.75, 3.05) is 11.9 Å². The maximum absolute atomic E-state index is 12.4. The van der Waals surface area contributed by atoms with E-state index in [9.17, 15) is 9.59 Å². The molecule has 0 spiro atoms. The lowest BCUT2D eigenvalue weighted by Crippen LogP contribution is -2.44. The molecule has 2 amide bonds. The summed E-state index contributed by atoms with van der Waals surface area (Å²) in [6.07, 6.45) is 7.04. The Morgan fingerprint density at radius 1 is 1.50 bits per heavy atom. The molecule has 8 heteroatoms. The van der Waals surface area contributed by atoms with Crippen LogP contribution in [-0.2, 0) is 9.59 Å². The van der Waals surface area contributed by atoms with Crippen molar-refractivity contribution in [3.8, 4) is 0 Å². The number of hydrogen-bond acceptors (Lipinski definition) is 6. The van der Waals surface area contributed by atoms with Crippen LogP contribution < -0.4 is 5.32 Å². The van der Waals surface area contributed by atoms with E-state index in [1.807, 2.05) is 13.0 Å². The number of furan rings is 1. The monoisotopic (exact) mass is 346 g/mol. The van der Waals surface area contributed by atoms with Gasteiger partial charge in [0, 0.05) is 13.0 Å². The summed E-state index contributed by atoms with van der Waals surface area (Å²) in [5.74, 6) is 0.538. The average Bonchev–Trinajstić information content (AvgIpc) is 3.29. The molecule has 0 saturated carbocycles. The van der Waals surface area contributed by atoms with Crippen molar-refractivity contribution in [2.24, 2.45) is 0 Å². The van der Waals surface area contributed by atoms with Crippen molar-refractivity contribution in [1.82, 2.24) is 15.1 Å². The van der Waals surface area contributed by atoms with E-state index in [1.165, 1.54) is 11.3 Å². The van der Waals surface area contributed by atoms with Crippen molar-refractivity contribution in [1.29, 1.82) is 0 Å². The molecule has 2 aromatic rings. The first-order valence-corrected chi connectivity index (χ1v) is 8.64. The fourth-order valence-electron chi connectivity index (χ4n) is 2.63. The zero-order valence-electron chi connectivity index (χ0n) is 13.3. The van der Waals surface area contributed by atoms with Crippen LogP contribution in [0.1, 0.15) is 37.0 Å². The van der Waals surface area contributed by atoms with Gasteiger partial charge in [0.2, 0.25) is 16.9 Å². The van der Waals surface area contributed by atoms with Crippen LogP contribution in [0.25, 0.3) is 12.2 Å². The Balaban J connectivity index is 1.63. The van der Waals surface area contributed by atoms with Crippen molar-refractivity contribution >= 4 is 40.4 Å². The van der Waals surface area contributed by atoms with Gasteiger partial charge in [-0.05, 0) is 37.1 Å². The van der Waals surface area contributed by atoms with Gasteiger partial charge >= 0.3 is 0 Å². The van der Waals surface area contributed by atoms with E-state index in [0.29, 0.717) is 29.5 Å². The van der Waals surface area contributed by atoms with Crippen LogP contribution in [0.2, 0.25) is 0 Å². The topological polar surface area (TPSA) is 88.3 Å². The molecule has 7 nitrogen and oxygen atoms in total. The third-order valence-corrected chi connectivity index (χ3v) is 4.58. The highest BCUT2D eigenvalue weighted by Crippen LogP contribution is 2.21. The molecule has 1 unspecified atom stereocenters. The van der Waals surface area contributed by atoms with Crippen molar-refractivity contribution in [3.05, 3.63) is 29.2 Å². The molecule has 3 rings (SSSR count). The van der Waals surface area contributed by atoms with Crippen molar-refractivity contribution < 1.29 is 14.0 Å². The number of anilines is 1. The molecular formula is C16H18N4O3S. The van der Waals surface area contributed by atoms with E-state index in [2.05, 4.69) is 15.5 Å². The van der Waals surface area contributed by atoms with Gasteiger partial charge in [0.05, 0.1) is 6.26 Å². The number of aromatic nitrogens is 2. The molecule has 1 atom stereocenters. The summed E-state index contributed by atoms with van der Waals surface area (Å²) in [6, 6.07) is 3.18. The highest BCUT2D eigenvalue weighted by Gasteiger charge is 2.31. The highest BCUT2D eigenvalue weighted by atomic mass is 32.1. The predicted octanol–water partition coefficient (Wildman–Crippen LogP) is 2.64. The molecule has 1 N–H and O–H groups in total. The van der Waals surface area contributed by atoms with Crippen LogP contribution in [0.4, 0.5) is 5.13 Å². The summed E-state index contributed by atoms with van der Waals surface area (Å²) in [4.78, 5) is 25.9. The normalized spacial score (nSPS) is 16.0. The van der Waals surface area contributed by atoms with Gasteiger partial charge in [0.1, 0.15) is 16.8 Å². The van der Waals surface area contributed by atoms with Gasteiger partial charge in [-0.3, -0.25) is 14.9 Å². The summed E-state index contributed by atoms with van der Waals surface area (Å²) in [7, 11) is 0. The van der Waals surface area contributed by atoms with E-state index in [-0.39, 0.29) is 11.8 Å². The second kappa shape index (κ2) is 7.39. The molecule has 1 saturated heterocycles. The van der Waals surface area contributed by atoms with Crippen LogP contribution in [-0.4, -0.2) is 39.5 Å². The molecule has 2 aromatic heterocycles. The Hall–Kier alpha value is -2.48. The third kappa shape index (κ3) is 3.70. The van der Waals surface area contributed by atoms with E-state index < -0.39 is 6.04 Å². The number of amides is 2. The van der Waals surface area contributed by atoms with Gasteiger partial charge in [-0.15, -0.1) is 10.2 Å². The number of carbonyl (C=O) groups excluding carboxylic acids is 2. The summed E-state index contributed by atoms with van der Waals surface area (Å²) in [6.45, 7) is 2.53. The maximum Gasteiger partial charge on any atom is 0.248 e. The predicted molar refractivity (Wildman–Crippen MR) is 91.2 cm³/mol. The molecule has 0 radical (unpaired) electrons. The van der Waals surface area contributed by atoms with Gasteiger partial charge < -0.3 is 9.32 Å². The Morgan fingerprint density at radius 3 is 3.04 bits per heavy atom. The quantitative estimate of drug-likeness (QED) is 0.868. The summed E-state index contributed by atoms with van der Waals surface area (Å²) in [5, 5.41) is 11.8. The molecule has 3 heterocycles. The summed E-state index contributed by atoms with van der Waals surface area (Å²) in [5.41, 5.74) is 0.